The Hall–Kier alpha value is -1.30. The van der Waals surface area contributed by atoms with Gasteiger partial charge in [0.15, 0.2) is 11.8 Å². The lowest BCUT2D eigenvalue weighted by Gasteiger charge is -2.04. The smallest absolute Gasteiger partial charge is 0.341 e. The van der Waals surface area contributed by atoms with E-state index in [1.54, 1.807) is 13.0 Å². The summed E-state index contributed by atoms with van der Waals surface area (Å²) in [6.45, 7) is 1.42. The van der Waals surface area contributed by atoms with Crippen molar-refractivity contribution in [3.63, 3.8) is 0 Å². The second-order valence-electron chi connectivity index (χ2n) is 2.52. The van der Waals surface area contributed by atoms with Gasteiger partial charge in [0, 0.05) is 11.8 Å². The fourth-order valence-corrected chi connectivity index (χ4v) is 1.23. The molecule has 0 atom stereocenters. The average Bonchev–Trinajstić information content (AvgIpc) is 2.14. The Bertz CT molecular complexity index is 343. The van der Waals surface area contributed by atoms with Gasteiger partial charge in [0.05, 0.1) is 0 Å². The first-order chi connectivity index (χ1) is 6.61. The largest absolute Gasteiger partial charge is 0.479 e. The number of rotatable bonds is 4. The van der Waals surface area contributed by atoms with Crippen molar-refractivity contribution in [1.82, 2.24) is 9.97 Å². The lowest BCUT2D eigenvalue weighted by Crippen LogP contribution is -2.10. The van der Waals surface area contributed by atoms with Crippen molar-refractivity contribution in [3.8, 4) is 5.88 Å². The Labute approximate surface area is 85.5 Å². The number of carbonyl (C=O) groups is 1. The summed E-state index contributed by atoms with van der Waals surface area (Å²) in [5.41, 5.74) is 0.754. The molecule has 0 amide bonds. The highest BCUT2D eigenvalue weighted by atomic mass is 32.2. The Balaban J connectivity index is 2.76. The normalized spacial score (nSPS) is 9.86. The van der Waals surface area contributed by atoms with Gasteiger partial charge in [-0.2, -0.15) is 4.98 Å². The third-order valence-corrected chi connectivity index (χ3v) is 1.88. The predicted molar refractivity (Wildman–Crippen MR) is 51.7 cm³/mol. The van der Waals surface area contributed by atoms with Crippen LogP contribution in [0.5, 0.6) is 5.88 Å². The first-order valence-corrected chi connectivity index (χ1v) is 5.08. The lowest BCUT2D eigenvalue weighted by atomic mass is 10.4. The number of hydrogen-bond acceptors (Lipinski definition) is 5. The summed E-state index contributed by atoms with van der Waals surface area (Å²) in [5, 5.41) is 8.97. The molecule has 1 rings (SSSR count). The van der Waals surface area contributed by atoms with E-state index in [-0.39, 0.29) is 6.61 Å². The lowest BCUT2D eigenvalue weighted by molar-refractivity contribution is -0.139. The van der Waals surface area contributed by atoms with Gasteiger partial charge in [-0.05, 0) is 13.2 Å². The Morgan fingerprint density at radius 3 is 2.93 bits per heavy atom. The minimum atomic E-state index is -1.02. The van der Waals surface area contributed by atoms with E-state index < -0.39 is 5.97 Å². The summed E-state index contributed by atoms with van der Waals surface area (Å²) in [6.07, 6.45) is 1.84. The van der Waals surface area contributed by atoms with Gasteiger partial charge < -0.3 is 9.84 Å². The number of ether oxygens (including phenoxy) is 1. The molecule has 0 radical (unpaired) electrons. The van der Waals surface area contributed by atoms with Crippen LogP contribution in [0.2, 0.25) is 0 Å². The van der Waals surface area contributed by atoms with Crippen LogP contribution in [-0.2, 0) is 4.79 Å². The quantitative estimate of drug-likeness (QED) is 0.594. The van der Waals surface area contributed by atoms with Gasteiger partial charge in [-0.3, -0.25) is 0 Å². The number of aliphatic carboxylic acids is 1. The van der Waals surface area contributed by atoms with Crippen molar-refractivity contribution in [2.24, 2.45) is 0 Å². The number of aryl methyl sites for hydroxylation is 1. The van der Waals surface area contributed by atoms with Gasteiger partial charge in [-0.15, -0.1) is 0 Å². The average molecular weight is 214 g/mol. The minimum Gasteiger partial charge on any atom is -0.479 e. The van der Waals surface area contributed by atoms with Gasteiger partial charge in [0.25, 0.3) is 0 Å². The van der Waals surface area contributed by atoms with Crippen LogP contribution in [0.1, 0.15) is 5.69 Å². The molecular weight excluding hydrogens is 204 g/mol. The van der Waals surface area contributed by atoms with Crippen LogP contribution in [-0.4, -0.2) is 33.9 Å². The molecule has 6 heteroatoms. The number of thioether (sulfide) groups is 1. The highest BCUT2D eigenvalue weighted by Gasteiger charge is 2.04. The summed E-state index contributed by atoms with van der Waals surface area (Å²) in [4.78, 5) is 18.3. The molecule has 0 aromatic carbocycles. The van der Waals surface area contributed by atoms with Crippen LogP contribution in [0.25, 0.3) is 0 Å². The molecule has 14 heavy (non-hydrogen) atoms. The van der Waals surface area contributed by atoms with Crippen molar-refractivity contribution in [1.29, 1.82) is 0 Å². The van der Waals surface area contributed by atoms with Crippen LogP contribution in [0.3, 0.4) is 0 Å². The maximum Gasteiger partial charge on any atom is 0.341 e. The van der Waals surface area contributed by atoms with E-state index in [9.17, 15) is 4.79 Å². The molecule has 0 saturated carbocycles. The number of carboxylic acid groups (broad SMARTS) is 1. The van der Waals surface area contributed by atoms with E-state index in [1.807, 2.05) is 6.26 Å². The van der Waals surface area contributed by atoms with Crippen LogP contribution in [0, 0.1) is 6.92 Å². The molecule has 76 valence electrons. The van der Waals surface area contributed by atoms with E-state index in [1.165, 1.54) is 11.8 Å². The molecule has 0 saturated heterocycles. The summed E-state index contributed by atoms with van der Waals surface area (Å²) in [7, 11) is 0. The summed E-state index contributed by atoms with van der Waals surface area (Å²) in [5.74, 6) is -0.726. The molecule has 1 aromatic rings. The van der Waals surface area contributed by atoms with E-state index in [0.29, 0.717) is 11.0 Å². The minimum absolute atomic E-state index is 0.296. The molecule has 1 aromatic heterocycles. The van der Waals surface area contributed by atoms with Gasteiger partial charge in [0.1, 0.15) is 0 Å². The fourth-order valence-electron chi connectivity index (χ4n) is 0.814. The maximum atomic E-state index is 10.2. The second-order valence-corrected chi connectivity index (χ2v) is 3.29. The fraction of sp³-hybridized carbons (Fsp3) is 0.375. The van der Waals surface area contributed by atoms with Gasteiger partial charge >= 0.3 is 5.97 Å². The van der Waals surface area contributed by atoms with Crippen LogP contribution in [0.4, 0.5) is 0 Å². The monoisotopic (exact) mass is 214 g/mol. The SMILES string of the molecule is CSc1nc(C)cc(OCC(=O)O)n1. The van der Waals surface area contributed by atoms with E-state index in [4.69, 9.17) is 9.84 Å². The van der Waals surface area contributed by atoms with E-state index in [2.05, 4.69) is 9.97 Å². The first-order valence-electron chi connectivity index (χ1n) is 3.86. The molecule has 0 unspecified atom stereocenters. The third-order valence-electron chi connectivity index (χ3n) is 1.34. The Kier molecular flexibility index (Phi) is 3.70. The topological polar surface area (TPSA) is 72.3 Å². The molecule has 0 aliphatic carbocycles. The van der Waals surface area contributed by atoms with Crippen LogP contribution < -0.4 is 4.74 Å². The van der Waals surface area contributed by atoms with Crippen molar-refractivity contribution in [3.05, 3.63) is 11.8 Å². The predicted octanol–water partition coefficient (Wildman–Crippen LogP) is 0.970. The highest BCUT2D eigenvalue weighted by Crippen LogP contribution is 2.14. The number of carboxylic acids is 1. The summed E-state index contributed by atoms with van der Waals surface area (Å²) < 4.78 is 4.93. The molecule has 0 bridgehead atoms. The maximum absolute atomic E-state index is 10.2. The van der Waals surface area contributed by atoms with Crippen molar-refractivity contribution >= 4 is 17.7 Å². The zero-order chi connectivity index (χ0) is 10.6. The van der Waals surface area contributed by atoms with Crippen molar-refractivity contribution < 1.29 is 14.6 Å². The zero-order valence-corrected chi connectivity index (χ0v) is 8.67. The molecule has 1 heterocycles. The number of nitrogens with zero attached hydrogens (tertiary/aromatic N) is 2. The molecule has 0 aliphatic heterocycles. The Morgan fingerprint density at radius 2 is 2.36 bits per heavy atom. The highest BCUT2D eigenvalue weighted by molar-refractivity contribution is 7.98. The zero-order valence-electron chi connectivity index (χ0n) is 7.85. The molecule has 0 aliphatic rings. The molecule has 1 N–H and O–H groups in total. The molecular formula is C8H10N2O3S. The summed E-state index contributed by atoms with van der Waals surface area (Å²) >= 11 is 1.38. The molecule has 0 fully saturated rings. The van der Waals surface area contributed by atoms with Crippen LogP contribution >= 0.6 is 11.8 Å². The summed E-state index contributed by atoms with van der Waals surface area (Å²) in [6, 6.07) is 1.60. The van der Waals surface area contributed by atoms with Crippen molar-refractivity contribution in [2.45, 2.75) is 12.1 Å². The number of hydrogen-bond donors (Lipinski definition) is 1. The molecule has 5 nitrogen and oxygen atoms in total. The third kappa shape index (κ3) is 3.21. The van der Waals surface area contributed by atoms with E-state index >= 15 is 0 Å². The van der Waals surface area contributed by atoms with E-state index in [0.717, 1.165) is 5.69 Å². The second kappa shape index (κ2) is 4.80. The van der Waals surface area contributed by atoms with Gasteiger partial charge in [-0.1, -0.05) is 11.8 Å². The van der Waals surface area contributed by atoms with Gasteiger partial charge in [0.2, 0.25) is 5.88 Å². The van der Waals surface area contributed by atoms with Crippen molar-refractivity contribution in [2.75, 3.05) is 12.9 Å². The number of aromatic nitrogens is 2. The van der Waals surface area contributed by atoms with Crippen LogP contribution in [0.15, 0.2) is 11.2 Å². The standard InChI is InChI=1S/C8H10N2O3S/c1-5-3-6(13-4-7(11)12)10-8(9-5)14-2/h3H,4H2,1-2H3,(H,11,12). The van der Waals surface area contributed by atoms with Gasteiger partial charge in [-0.25, -0.2) is 9.78 Å². The first kappa shape index (κ1) is 10.8. The molecule has 0 spiro atoms. The Morgan fingerprint density at radius 1 is 1.64 bits per heavy atom.